The third-order valence-corrected chi connectivity index (χ3v) is 4.05. The van der Waals surface area contributed by atoms with Crippen LogP contribution >= 0.6 is 11.3 Å². The number of aliphatic hydroxyl groups excluding tert-OH is 1. The maximum atomic E-state index is 11.9. The number of benzene rings is 1. The number of aliphatic hydroxyl groups is 1. The van der Waals surface area contributed by atoms with Gasteiger partial charge < -0.3 is 15.3 Å². The van der Waals surface area contributed by atoms with Crippen molar-refractivity contribution in [3.8, 4) is 0 Å². The summed E-state index contributed by atoms with van der Waals surface area (Å²) in [6.45, 7) is 1.03. The van der Waals surface area contributed by atoms with Gasteiger partial charge in [0.2, 0.25) is 0 Å². The molecule has 124 valence electrons. The molecule has 0 saturated heterocycles. The van der Waals surface area contributed by atoms with Gasteiger partial charge in [0.05, 0.1) is 6.10 Å². The average molecular weight is 334 g/mol. The number of amides is 2. The monoisotopic (exact) mass is 334 g/mol. The Morgan fingerprint density at radius 1 is 1.35 bits per heavy atom. The highest BCUT2D eigenvalue weighted by molar-refractivity contribution is 7.13. The number of aromatic nitrogens is 1. The number of hydrogen-bond donors (Lipinski definition) is 3. The zero-order valence-corrected chi connectivity index (χ0v) is 14.1. The molecular formula is C16H22N4O2S. The second kappa shape index (κ2) is 8.61. The molecule has 2 atom stereocenters. The van der Waals surface area contributed by atoms with Crippen LogP contribution in [0.2, 0.25) is 0 Å². The van der Waals surface area contributed by atoms with E-state index in [1.54, 1.807) is 11.6 Å². The number of urea groups is 1. The lowest BCUT2D eigenvalue weighted by Gasteiger charge is -2.26. The first-order valence-electron chi connectivity index (χ1n) is 7.38. The lowest BCUT2D eigenvalue weighted by Crippen LogP contribution is -2.39. The highest BCUT2D eigenvalue weighted by Gasteiger charge is 2.22. The van der Waals surface area contributed by atoms with Crippen molar-refractivity contribution in [3.05, 3.63) is 47.5 Å². The van der Waals surface area contributed by atoms with E-state index in [2.05, 4.69) is 15.6 Å². The highest BCUT2D eigenvalue weighted by Crippen LogP contribution is 2.22. The van der Waals surface area contributed by atoms with Crippen LogP contribution in [0.5, 0.6) is 0 Å². The van der Waals surface area contributed by atoms with Crippen LogP contribution in [0.25, 0.3) is 0 Å². The molecule has 0 spiro atoms. The minimum atomic E-state index is -0.640. The van der Waals surface area contributed by atoms with Gasteiger partial charge in [-0.3, -0.25) is 5.32 Å². The molecule has 0 aliphatic carbocycles. The predicted molar refractivity (Wildman–Crippen MR) is 92.6 cm³/mol. The summed E-state index contributed by atoms with van der Waals surface area (Å²) >= 11 is 1.36. The zero-order chi connectivity index (χ0) is 16.7. The van der Waals surface area contributed by atoms with Crippen molar-refractivity contribution in [3.63, 3.8) is 0 Å². The van der Waals surface area contributed by atoms with Gasteiger partial charge in [0.1, 0.15) is 0 Å². The van der Waals surface area contributed by atoms with Gasteiger partial charge in [-0.1, -0.05) is 30.3 Å². The average Bonchev–Trinajstić information content (AvgIpc) is 3.04. The molecule has 0 aliphatic rings. The summed E-state index contributed by atoms with van der Waals surface area (Å²) in [5.41, 5.74) is 0.849. The number of carbonyl (C=O) groups excluding carboxylic acids is 1. The topological polar surface area (TPSA) is 77.5 Å². The van der Waals surface area contributed by atoms with E-state index < -0.39 is 6.10 Å². The number of anilines is 1. The molecule has 0 bridgehead atoms. The third kappa shape index (κ3) is 5.63. The van der Waals surface area contributed by atoms with E-state index in [9.17, 15) is 9.90 Å². The first-order chi connectivity index (χ1) is 11.1. The van der Waals surface area contributed by atoms with E-state index in [1.165, 1.54) is 11.3 Å². The fourth-order valence-electron chi connectivity index (χ4n) is 2.32. The van der Waals surface area contributed by atoms with E-state index in [4.69, 9.17) is 0 Å². The van der Waals surface area contributed by atoms with Crippen LogP contribution in [0.3, 0.4) is 0 Å². The molecule has 0 radical (unpaired) electrons. The van der Waals surface area contributed by atoms with E-state index in [-0.39, 0.29) is 11.9 Å². The van der Waals surface area contributed by atoms with E-state index in [1.807, 2.05) is 49.3 Å². The normalized spacial score (nSPS) is 13.6. The van der Waals surface area contributed by atoms with Crippen molar-refractivity contribution in [1.82, 2.24) is 15.2 Å². The van der Waals surface area contributed by atoms with Crippen LogP contribution < -0.4 is 10.6 Å². The van der Waals surface area contributed by atoms with Gasteiger partial charge in [-0.15, -0.1) is 11.3 Å². The van der Waals surface area contributed by atoms with E-state index >= 15 is 0 Å². The summed E-state index contributed by atoms with van der Waals surface area (Å²) < 4.78 is 0. The molecule has 0 fully saturated rings. The number of nitrogens with zero attached hydrogens (tertiary/aromatic N) is 2. The lowest BCUT2D eigenvalue weighted by molar-refractivity contribution is 0.0911. The molecule has 1 aromatic heterocycles. The largest absolute Gasteiger partial charge is 0.388 e. The van der Waals surface area contributed by atoms with Crippen LogP contribution in [-0.4, -0.2) is 48.2 Å². The molecule has 2 amide bonds. The summed E-state index contributed by atoms with van der Waals surface area (Å²) in [6, 6.07) is 9.17. The fourth-order valence-corrected chi connectivity index (χ4v) is 2.84. The molecule has 0 aliphatic heterocycles. The van der Waals surface area contributed by atoms with Crippen LogP contribution in [0.1, 0.15) is 11.7 Å². The maximum Gasteiger partial charge on any atom is 0.321 e. The summed E-state index contributed by atoms with van der Waals surface area (Å²) in [7, 11) is 3.89. The molecule has 23 heavy (non-hydrogen) atoms. The standard InChI is InChI=1S/C16H22N4O2S/c1-20(2)11-13(14(21)12-6-4-3-5-7-12)10-18-15(22)19-16-17-8-9-23-16/h3-9,13-14,21H,10-11H2,1-2H3,(H2,17,18,19,22)/t13-,14-/m0/s1. The second-order valence-electron chi connectivity index (χ2n) is 5.55. The summed E-state index contributed by atoms with van der Waals surface area (Å²) in [6.07, 6.45) is 0.993. The highest BCUT2D eigenvalue weighted by atomic mass is 32.1. The van der Waals surface area contributed by atoms with Crippen molar-refractivity contribution >= 4 is 22.5 Å². The second-order valence-corrected chi connectivity index (χ2v) is 6.44. The Morgan fingerprint density at radius 3 is 2.70 bits per heavy atom. The van der Waals surface area contributed by atoms with Gasteiger partial charge >= 0.3 is 6.03 Å². The van der Waals surface area contributed by atoms with Crippen molar-refractivity contribution in [1.29, 1.82) is 0 Å². The van der Waals surface area contributed by atoms with E-state index in [0.717, 1.165) is 5.56 Å². The molecular weight excluding hydrogens is 312 g/mol. The van der Waals surface area contributed by atoms with Crippen molar-refractivity contribution in [2.45, 2.75) is 6.10 Å². The Kier molecular flexibility index (Phi) is 6.52. The maximum absolute atomic E-state index is 11.9. The SMILES string of the molecule is CN(C)C[C@H](CNC(=O)Nc1nccs1)[C@@H](O)c1ccccc1. The third-order valence-electron chi connectivity index (χ3n) is 3.36. The van der Waals surface area contributed by atoms with Crippen molar-refractivity contribution in [2.75, 3.05) is 32.5 Å². The lowest BCUT2D eigenvalue weighted by atomic mass is 9.95. The molecule has 6 nitrogen and oxygen atoms in total. The smallest absolute Gasteiger partial charge is 0.321 e. The Morgan fingerprint density at radius 2 is 2.09 bits per heavy atom. The van der Waals surface area contributed by atoms with Gasteiger partial charge in [-0.25, -0.2) is 9.78 Å². The first-order valence-corrected chi connectivity index (χ1v) is 8.26. The molecule has 0 unspecified atom stereocenters. The summed E-state index contributed by atoms with van der Waals surface area (Å²) in [4.78, 5) is 17.9. The fraction of sp³-hybridized carbons (Fsp3) is 0.375. The van der Waals surface area contributed by atoms with Crippen LogP contribution in [0, 0.1) is 5.92 Å². The number of rotatable bonds is 7. The van der Waals surface area contributed by atoms with Crippen molar-refractivity contribution < 1.29 is 9.90 Å². The number of carbonyl (C=O) groups is 1. The zero-order valence-electron chi connectivity index (χ0n) is 13.3. The number of thiazole rings is 1. The van der Waals surface area contributed by atoms with Crippen LogP contribution in [0.4, 0.5) is 9.93 Å². The first kappa shape index (κ1) is 17.4. The quantitative estimate of drug-likeness (QED) is 0.725. The van der Waals surface area contributed by atoms with Gasteiger partial charge in [0.15, 0.2) is 5.13 Å². The molecule has 0 saturated carbocycles. The van der Waals surface area contributed by atoms with Crippen molar-refractivity contribution in [2.24, 2.45) is 5.92 Å². The van der Waals surface area contributed by atoms with Crippen LogP contribution in [0.15, 0.2) is 41.9 Å². The minimum absolute atomic E-state index is 0.116. The number of nitrogens with one attached hydrogen (secondary N) is 2. The minimum Gasteiger partial charge on any atom is -0.388 e. The van der Waals surface area contributed by atoms with E-state index in [0.29, 0.717) is 18.2 Å². The van der Waals surface area contributed by atoms with Gasteiger partial charge in [-0.05, 0) is 19.7 Å². The Bertz CT molecular complexity index is 589. The predicted octanol–water partition coefficient (Wildman–Crippen LogP) is 2.18. The Labute approximate surface area is 140 Å². The molecule has 7 heteroatoms. The van der Waals surface area contributed by atoms with Crippen LogP contribution in [-0.2, 0) is 0 Å². The van der Waals surface area contributed by atoms with Gasteiger partial charge in [-0.2, -0.15) is 0 Å². The van der Waals surface area contributed by atoms with Gasteiger partial charge in [0, 0.05) is 30.6 Å². The van der Waals surface area contributed by atoms with Gasteiger partial charge in [0.25, 0.3) is 0 Å². The molecule has 2 aromatic rings. The summed E-state index contributed by atoms with van der Waals surface area (Å²) in [5.74, 6) is -0.116. The molecule has 1 heterocycles. The number of hydrogen-bond acceptors (Lipinski definition) is 5. The Balaban J connectivity index is 1.94. The molecule has 1 aromatic carbocycles. The summed E-state index contributed by atoms with van der Waals surface area (Å²) in [5, 5.41) is 18.4. The molecule has 2 rings (SSSR count). The molecule has 3 N–H and O–H groups in total. The Hall–Kier alpha value is -1.96.